The lowest BCUT2D eigenvalue weighted by Crippen LogP contribution is -2.59. The Bertz CT molecular complexity index is 532. The van der Waals surface area contributed by atoms with Gasteiger partial charge in [0.1, 0.15) is 4.75 Å². The van der Waals surface area contributed by atoms with Crippen molar-refractivity contribution < 1.29 is 13.2 Å². The molecule has 134 valence electrons. The molecule has 0 aliphatic heterocycles. The van der Waals surface area contributed by atoms with Gasteiger partial charge in [-0.2, -0.15) is 0 Å². The van der Waals surface area contributed by atoms with Gasteiger partial charge in [-0.3, -0.25) is 4.79 Å². The van der Waals surface area contributed by atoms with Crippen LogP contribution in [0.25, 0.3) is 0 Å². The molecule has 7 heteroatoms. The zero-order chi connectivity index (χ0) is 16.0. The van der Waals surface area contributed by atoms with Gasteiger partial charge in [0.2, 0.25) is 5.91 Å². The molecule has 2 bridgehead atoms. The highest BCUT2D eigenvalue weighted by molar-refractivity contribution is 7.92. The van der Waals surface area contributed by atoms with E-state index in [1.165, 1.54) is 12.7 Å². The van der Waals surface area contributed by atoms with Crippen LogP contribution in [0.1, 0.15) is 57.8 Å². The Balaban J connectivity index is 0.00000192. The molecule has 3 aliphatic rings. The molecule has 3 rings (SSSR count). The number of sulfone groups is 1. The summed E-state index contributed by atoms with van der Waals surface area (Å²) in [7, 11) is -3.39. The summed E-state index contributed by atoms with van der Waals surface area (Å²) < 4.78 is 23.3. The molecule has 0 saturated heterocycles. The molecule has 2 unspecified atom stereocenters. The van der Waals surface area contributed by atoms with Crippen molar-refractivity contribution in [2.45, 2.75) is 74.6 Å². The number of nitrogens with one attached hydrogen (secondary N) is 1. The maximum atomic E-state index is 12.9. The van der Waals surface area contributed by atoms with E-state index in [4.69, 9.17) is 5.73 Å². The molecule has 0 aromatic heterocycles. The number of halogens is 1. The Morgan fingerprint density at radius 1 is 1.09 bits per heavy atom. The van der Waals surface area contributed by atoms with Crippen molar-refractivity contribution >= 4 is 28.2 Å². The second-order valence-electron chi connectivity index (χ2n) is 7.66. The van der Waals surface area contributed by atoms with Crippen LogP contribution in [0.15, 0.2) is 0 Å². The molecule has 0 radical (unpaired) electrons. The van der Waals surface area contributed by atoms with Gasteiger partial charge in [-0.15, -0.1) is 12.4 Å². The van der Waals surface area contributed by atoms with E-state index in [1.807, 2.05) is 0 Å². The van der Waals surface area contributed by atoms with Crippen LogP contribution >= 0.6 is 12.4 Å². The van der Waals surface area contributed by atoms with Crippen molar-refractivity contribution in [1.29, 1.82) is 0 Å². The van der Waals surface area contributed by atoms with Crippen LogP contribution in [-0.4, -0.2) is 37.4 Å². The number of carbonyl (C=O) groups is 1. The van der Waals surface area contributed by atoms with E-state index < -0.39 is 14.6 Å². The average Bonchev–Trinajstić information content (AvgIpc) is 2.90. The fourth-order valence-electron chi connectivity index (χ4n) is 5.02. The lowest BCUT2D eigenvalue weighted by molar-refractivity contribution is -0.125. The van der Waals surface area contributed by atoms with E-state index >= 15 is 0 Å². The standard InChI is InChI=1S/C16H28N2O3S.ClH/c1-22(20,21)16(7-2-3-8-16)15(19)18-14-11-5-4-6-12(14)10-13(17)9-11;/h11-14H,2-10,17H2,1H3,(H,18,19);1H. The normalized spacial score (nSPS) is 36.1. The second kappa shape index (κ2) is 6.89. The monoisotopic (exact) mass is 364 g/mol. The fraction of sp³-hybridized carbons (Fsp3) is 0.938. The summed E-state index contributed by atoms with van der Waals surface area (Å²) in [6.45, 7) is 0. The highest BCUT2D eigenvalue weighted by Crippen LogP contribution is 2.41. The van der Waals surface area contributed by atoms with Crippen molar-refractivity contribution in [2.75, 3.05) is 6.26 Å². The quantitative estimate of drug-likeness (QED) is 0.798. The first kappa shape index (κ1) is 19.0. The molecule has 0 aromatic rings. The number of hydrogen-bond donors (Lipinski definition) is 2. The summed E-state index contributed by atoms with van der Waals surface area (Å²) in [6.07, 6.45) is 9.11. The van der Waals surface area contributed by atoms with Crippen LogP contribution in [0.5, 0.6) is 0 Å². The minimum absolute atomic E-state index is 0. The van der Waals surface area contributed by atoms with Gasteiger partial charge < -0.3 is 11.1 Å². The molecule has 3 fully saturated rings. The number of rotatable bonds is 3. The molecule has 2 atom stereocenters. The molecule has 3 saturated carbocycles. The van der Waals surface area contributed by atoms with Crippen LogP contribution < -0.4 is 11.1 Å². The Labute approximate surface area is 145 Å². The van der Waals surface area contributed by atoms with E-state index in [1.54, 1.807) is 0 Å². The number of carbonyl (C=O) groups excluding carboxylic acids is 1. The molecule has 1 amide bonds. The predicted molar refractivity (Wildman–Crippen MR) is 93.3 cm³/mol. The maximum absolute atomic E-state index is 12.9. The van der Waals surface area contributed by atoms with Crippen LogP contribution in [0.2, 0.25) is 0 Å². The summed E-state index contributed by atoms with van der Waals surface area (Å²) in [5.41, 5.74) is 6.13. The number of hydrogen-bond acceptors (Lipinski definition) is 4. The lowest BCUT2D eigenvalue weighted by atomic mass is 9.67. The van der Waals surface area contributed by atoms with Gasteiger partial charge >= 0.3 is 0 Å². The number of nitrogens with two attached hydrogens (primary N) is 1. The largest absolute Gasteiger partial charge is 0.351 e. The van der Waals surface area contributed by atoms with Gasteiger partial charge in [-0.1, -0.05) is 19.3 Å². The third kappa shape index (κ3) is 3.40. The molecular formula is C16H29ClN2O3S. The summed E-state index contributed by atoms with van der Waals surface area (Å²) >= 11 is 0. The molecule has 3 N–H and O–H groups in total. The minimum atomic E-state index is -3.39. The van der Waals surface area contributed by atoms with E-state index in [9.17, 15) is 13.2 Å². The van der Waals surface area contributed by atoms with Crippen molar-refractivity contribution in [3.8, 4) is 0 Å². The van der Waals surface area contributed by atoms with Gasteiger partial charge in [0.05, 0.1) is 0 Å². The van der Waals surface area contributed by atoms with Crippen LogP contribution in [0.4, 0.5) is 0 Å². The summed E-state index contributed by atoms with van der Waals surface area (Å²) in [4.78, 5) is 12.9. The van der Waals surface area contributed by atoms with E-state index in [-0.39, 0.29) is 30.4 Å². The average molecular weight is 365 g/mol. The van der Waals surface area contributed by atoms with Gasteiger partial charge in [0.15, 0.2) is 9.84 Å². The minimum Gasteiger partial charge on any atom is -0.351 e. The van der Waals surface area contributed by atoms with Crippen LogP contribution in [-0.2, 0) is 14.6 Å². The van der Waals surface area contributed by atoms with Crippen LogP contribution in [0, 0.1) is 11.8 Å². The predicted octanol–water partition coefficient (Wildman–Crippen LogP) is 1.79. The van der Waals surface area contributed by atoms with E-state index in [2.05, 4.69) is 5.32 Å². The molecule has 3 aliphatic carbocycles. The van der Waals surface area contributed by atoms with Gasteiger partial charge in [0, 0.05) is 18.3 Å². The summed E-state index contributed by atoms with van der Waals surface area (Å²) in [5, 5.41) is 3.16. The molecule has 5 nitrogen and oxygen atoms in total. The number of fused-ring (bicyclic) bond motifs is 2. The van der Waals surface area contributed by atoms with Crippen molar-refractivity contribution in [1.82, 2.24) is 5.32 Å². The molecule has 0 aromatic carbocycles. The Kier molecular flexibility index (Phi) is 5.69. The number of amides is 1. The lowest BCUT2D eigenvalue weighted by Gasteiger charge is -2.46. The third-order valence-electron chi connectivity index (χ3n) is 6.21. The maximum Gasteiger partial charge on any atom is 0.241 e. The highest BCUT2D eigenvalue weighted by Gasteiger charge is 2.51. The third-order valence-corrected chi connectivity index (χ3v) is 8.22. The molecular weight excluding hydrogens is 336 g/mol. The van der Waals surface area contributed by atoms with Crippen molar-refractivity contribution in [2.24, 2.45) is 17.6 Å². The highest BCUT2D eigenvalue weighted by atomic mass is 35.5. The van der Waals surface area contributed by atoms with Gasteiger partial charge in [-0.05, 0) is 50.4 Å². The summed E-state index contributed by atoms with van der Waals surface area (Å²) in [6, 6.07) is 0.360. The Morgan fingerprint density at radius 2 is 1.61 bits per heavy atom. The molecule has 0 heterocycles. The van der Waals surface area contributed by atoms with Crippen molar-refractivity contribution in [3.63, 3.8) is 0 Å². The second-order valence-corrected chi connectivity index (χ2v) is 9.98. The SMILES string of the molecule is CS(=O)(=O)C1(C(=O)NC2C3CCCC2CC(N)C3)CCCC1.Cl. The first-order valence-corrected chi connectivity index (χ1v) is 10.5. The first-order chi connectivity index (χ1) is 10.3. The fourth-order valence-corrected chi connectivity index (χ4v) is 6.45. The zero-order valence-corrected chi connectivity index (χ0v) is 15.4. The van der Waals surface area contributed by atoms with Crippen LogP contribution in [0.3, 0.4) is 0 Å². The van der Waals surface area contributed by atoms with Crippen molar-refractivity contribution in [3.05, 3.63) is 0 Å². The Hall–Kier alpha value is -0.330. The van der Waals surface area contributed by atoms with Gasteiger partial charge in [-0.25, -0.2) is 8.42 Å². The van der Waals surface area contributed by atoms with E-state index in [0.29, 0.717) is 24.7 Å². The topological polar surface area (TPSA) is 89.3 Å². The smallest absolute Gasteiger partial charge is 0.241 e. The van der Waals surface area contributed by atoms with E-state index in [0.717, 1.165) is 38.5 Å². The Morgan fingerprint density at radius 3 is 2.09 bits per heavy atom. The molecule has 23 heavy (non-hydrogen) atoms. The first-order valence-electron chi connectivity index (χ1n) is 8.60. The zero-order valence-electron chi connectivity index (χ0n) is 13.8. The molecule has 0 spiro atoms. The van der Waals surface area contributed by atoms with Gasteiger partial charge in [0.25, 0.3) is 0 Å². The summed E-state index contributed by atoms with van der Waals surface area (Å²) in [5.74, 6) is 0.596.